The van der Waals surface area contributed by atoms with Crippen molar-refractivity contribution in [3.8, 4) is 45.8 Å². The summed E-state index contributed by atoms with van der Waals surface area (Å²) in [5.74, 6) is 1.48. The van der Waals surface area contributed by atoms with E-state index in [-0.39, 0.29) is 0 Å². The zero-order valence-electron chi connectivity index (χ0n) is 48.4. The van der Waals surface area contributed by atoms with Gasteiger partial charge < -0.3 is 13.9 Å². The van der Waals surface area contributed by atoms with Gasteiger partial charge in [0.1, 0.15) is 11.2 Å². The predicted octanol–water partition coefficient (Wildman–Crippen LogP) is 21.0. The van der Waals surface area contributed by atoms with Crippen LogP contribution in [0.3, 0.4) is 0 Å². The first-order chi connectivity index (χ1) is 44.6. The van der Waals surface area contributed by atoms with Crippen LogP contribution in [0.15, 0.2) is 308 Å². The maximum atomic E-state index is 6.27. The van der Waals surface area contributed by atoms with Gasteiger partial charge in [0.15, 0.2) is 0 Å². The monoisotopic (exact) mass is 1150 g/mol. The molecule has 19 rings (SSSR count). The molecule has 13 aromatic carbocycles. The van der Waals surface area contributed by atoms with E-state index >= 15 is 0 Å². The minimum absolute atomic E-state index is 0.491. The maximum absolute atomic E-state index is 6.27. The molecule has 0 aliphatic rings. The van der Waals surface area contributed by atoms with Crippen molar-refractivity contribution in [2.24, 2.45) is 0 Å². The third-order valence-corrected chi connectivity index (χ3v) is 18.2. The van der Waals surface area contributed by atoms with E-state index in [1.807, 2.05) is 12.1 Å². The molecule has 19 aromatic rings. The zero-order valence-corrected chi connectivity index (χ0v) is 48.4. The molecule has 0 unspecified atom stereocenters. The molecule has 0 fully saturated rings. The van der Waals surface area contributed by atoms with Gasteiger partial charge in [-0.2, -0.15) is 15.0 Å². The molecule has 0 aliphatic heterocycles. The summed E-state index contributed by atoms with van der Waals surface area (Å²) in [7, 11) is 0. The lowest BCUT2D eigenvalue weighted by Crippen LogP contribution is -2.13. The molecule has 0 bridgehead atoms. The number of nitrogens with zero attached hydrogens (tertiary/aromatic N) is 8. The van der Waals surface area contributed by atoms with Gasteiger partial charge in [-0.15, -0.1) is 0 Å². The Morgan fingerprint density at radius 2 is 0.544 bits per heavy atom. The Labute approximate surface area is 515 Å². The smallest absolute Gasteiger partial charge is 0.241 e. The SMILES string of the molecule is c1ccc(N(c2ccccc2)c2ccc3c(c2)c2ccccc2n3-c2nc(-n3c4ccccc4c4cc(-c5ccc6oc7ccccc7c6c5)ccc43)nc(-n3c4ccccc4c4cc(-c5ccc6c(c5)c5ccccc5n6-c5ccccc5)ccc43)n2)cc1. The fourth-order valence-corrected chi connectivity index (χ4v) is 14.2. The van der Waals surface area contributed by atoms with Crippen molar-refractivity contribution in [3.63, 3.8) is 0 Å². The van der Waals surface area contributed by atoms with E-state index < -0.39 is 0 Å². The fourth-order valence-electron chi connectivity index (χ4n) is 14.2. The van der Waals surface area contributed by atoms with E-state index in [2.05, 4.69) is 314 Å². The second-order valence-electron chi connectivity index (χ2n) is 23.2. The minimum Gasteiger partial charge on any atom is -0.456 e. The molecule has 0 spiro atoms. The Kier molecular flexibility index (Phi) is 10.9. The van der Waals surface area contributed by atoms with Crippen molar-refractivity contribution in [2.45, 2.75) is 0 Å². The quantitative estimate of drug-likeness (QED) is 0.144. The van der Waals surface area contributed by atoms with Crippen LogP contribution in [0.25, 0.3) is 155 Å². The van der Waals surface area contributed by atoms with Gasteiger partial charge in [0.25, 0.3) is 0 Å². The van der Waals surface area contributed by atoms with Crippen LogP contribution in [0, 0.1) is 0 Å². The molecular weight excluding hydrogens is 1100 g/mol. The molecule has 0 amide bonds. The largest absolute Gasteiger partial charge is 0.456 e. The summed E-state index contributed by atoms with van der Waals surface area (Å²) in [5, 5.41) is 11.1. The van der Waals surface area contributed by atoms with Crippen molar-refractivity contribution in [1.29, 1.82) is 0 Å². The van der Waals surface area contributed by atoms with E-state index in [0.29, 0.717) is 17.8 Å². The Bertz CT molecular complexity index is 6070. The van der Waals surface area contributed by atoms with Crippen LogP contribution in [0.2, 0.25) is 0 Å². The third-order valence-electron chi connectivity index (χ3n) is 18.2. The van der Waals surface area contributed by atoms with Gasteiger partial charge in [-0.05, 0) is 156 Å². The van der Waals surface area contributed by atoms with Crippen molar-refractivity contribution in [1.82, 2.24) is 33.2 Å². The number of aromatic nitrogens is 7. The first-order valence-corrected chi connectivity index (χ1v) is 30.4. The lowest BCUT2D eigenvalue weighted by molar-refractivity contribution is 0.669. The number of benzene rings is 13. The minimum atomic E-state index is 0.491. The highest BCUT2D eigenvalue weighted by atomic mass is 16.3. The molecule has 0 atom stereocenters. The molecule has 90 heavy (non-hydrogen) atoms. The molecule has 0 N–H and O–H groups in total. The van der Waals surface area contributed by atoms with E-state index in [1.54, 1.807) is 0 Å². The van der Waals surface area contributed by atoms with Crippen molar-refractivity contribution < 1.29 is 4.42 Å². The van der Waals surface area contributed by atoms with Crippen molar-refractivity contribution in [3.05, 3.63) is 303 Å². The summed E-state index contributed by atoms with van der Waals surface area (Å²) in [6.45, 7) is 0. The molecule has 9 heteroatoms. The standard InChI is InChI=1S/C81H50N8O/c1-4-20-55(21-5-1)85(56-22-6-2-7-23-56)58-40-44-76-67(50-58)62-29-13-18-34-72(62)89(76)81-83-79(82-80(84-81)88-71-33-17-12-28-61(71)66-48-53(38-43-75(66)88)54-39-45-78-68(49-54)63-30-14-19-35-77(63)90-78)87-70-32-16-11-27-60(70)65-47-52(37-42-74(65)87)51-36-41-73-64(46-51)59-26-10-15-31-69(59)86(73)57-24-8-3-9-25-57/h1-50H. The topological polar surface area (TPSA) is 74.8 Å². The van der Waals surface area contributed by atoms with Gasteiger partial charge in [0.05, 0.1) is 44.1 Å². The number of anilines is 3. The molecule has 0 aliphatic carbocycles. The first kappa shape index (κ1) is 49.9. The van der Waals surface area contributed by atoms with Crippen molar-refractivity contribution in [2.75, 3.05) is 4.90 Å². The molecule has 6 heterocycles. The van der Waals surface area contributed by atoms with Crippen LogP contribution < -0.4 is 4.90 Å². The number of hydrogen-bond acceptors (Lipinski definition) is 5. The highest BCUT2D eigenvalue weighted by molar-refractivity contribution is 6.15. The number of para-hydroxylation sites is 8. The van der Waals surface area contributed by atoms with Gasteiger partial charge in [0, 0.05) is 76.6 Å². The number of fused-ring (bicyclic) bond motifs is 15. The average molecular weight is 1150 g/mol. The number of hydrogen-bond donors (Lipinski definition) is 0. The molecule has 9 nitrogen and oxygen atoms in total. The highest BCUT2D eigenvalue weighted by Crippen LogP contribution is 2.43. The normalized spacial score (nSPS) is 12.0. The third kappa shape index (κ3) is 7.60. The van der Waals surface area contributed by atoms with Crippen LogP contribution in [-0.4, -0.2) is 33.2 Å². The highest BCUT2D eigenvalue weighted by Gasteiger charge is 2.25. The summed E-state index contributed by atoms with van der Waals surface area (Å²) >= 11 is 0. The lowest BCUT2D eigenvalue weighted by Gasteiger charge is -2.25. The lowest BCUT2D eigenvalue weighted by atomic mass is 10.0. The van der Waals surface area contributed by atoms with Gasteiger partial charge in [-0.1, -0.05) is 170 Å². The van der Waals surface area contributed by atoms with Crippen LogP contribution in [-0.2, 0) is 0 Å². The summed E-state index contributed by atoms with van der Waals surface area (Å²) in [6, 6.07) is 108. The molecular formula is C81H50N8O. The van der Waals surface area contributed by atoms with Gasteiger partial charge in [-0.3, -0.25) is 13.7 Å². The first-order valence-electron chi connectivity index (χ1n) is 30.4. The van der Waals surface area contributed by atoms with E-state index in [1.165, 1.54) is 21.8 Å². The summed E-state index contributed by atoms with van der Waals surface area (Å²) in [6.07, 6.45) is 0. The van der Waals surface area contributed by atoms with Gasteiger partial charge >= 0.3 is 0 Å². The van der Waals surface area contributed by atoms with E-state index in [9.17, 15) is 0 Å². The fraction of sp³-hybridized carbons (Fsp3) is 0. The molecule has 0 saturated heterocycles. The second-order valence-corrected chi connectivity index (χ2v) is 23.2. The van der Waals surface area contributed by atoms with Crippen LogP contribution in [0.4, 0.5) is 17.1 Å². The second kappa shape index (κ2) is 19.6. The van der Waals surface area contributed by atoms with Crippen LogP contribution in [0.5, 0.6) is 0 Å². The zero-order chi connectivity index (χ0) is 59.0. The van der Waals surface area contributed by atoms with E-state index in [4.69, 9.17) is 19.4 Å². The molecule has 0 saturated carbocycles. The molecule has 0 radical (unpaired) electrons. The van der Waals surface area contributed by atoms with E-state index in [0.717, 1.165) is 132 Å². The summed E-state index contributed by atoms with van der Waals surface area (Å²) in [5.41, 5.74) is 18.7. The number of rotatable bonds is 9. The number of furan rings is 1. The van der Waals surface area contributed by atoms with Crippen molar-refractivity contribution >= 4 is 126 Å². The summed E-state index contributed by atoms with van der Waals surface area (Å²) < 4.78 is 15.3. The van der Waals surface area contributed by atoms with Gasteiger partial charge in [0.2, 0.25) is 17.8 Å². The maximum Gasteiger partial charge on any atom is 0.241 e. The summed E-state index contributed by atoms with van der Waals surface area (Å²) in [4.78, 5) is 19.3. The Balaban J connectivity index is 0.835. The molecule has 420 valence electrons. The van der Waals surface area contributed by atoms with Crippen LogP contribution >= 0.6 is 0 Å². The van der Waals surface area contributed by atoms with Crippen LogP contribution in [0.1, 0.15) is 0 Å². The Morgan fingerprint density at radius 3 is 1.01 bits per heavy atom. The van der Waals surface area contributed by atoms with Gasteiger partial charge in [-0.25, -0.2) is 0 Å². The predicted molar refractivity (Wildman–Crippen MR) is 370 cm³/mol. The Morgan fingerprint density at radius 1 is 0.222 bits per heavy atom. The molecule has 6 aromatic heterocycles. The Hall–Kier alpha value is -12.3. The average Bonchev–Trinajstić information content (AvgIpc) is 1.85.